The van der Waals surface area contributed by atoms with Gasteiger partial charge >= 0.3 is 0 Å². The van der Waals surface area contributed by atoms with E-state index in [-0.39, 0.29) is 17.7 Å². The SMILES string of the molecule is Nc1nccc2cc(CNC(=O)[C@@H]3CCN3C(=O)[C@H](N)C3CCCCC3)ccc12. The molecule has 2 fully saturated rings. The Balaban J connectivity index is 1.34. The van der Waals surface area contributed by atoms with E-state index in [4.69, 9.17) is 11.5 Å². The molecular formula is C22H29N5O2. The van der Waals surface area contributed by atoms with Crippen molar-refractivity contribution >= 4 is 28.4 Å². The topological polar surface area (TPSA) is 114 Å². The van der Waals surface area contributed by atoms with Crippen LogP contribution in [-0.2, 0) is 16.1 Å². The first kappa shape index (κ1) is 19.6. The number of nitrogens with two attached hydrogens (primary N) is 2. The zero-order chi connectivity index (χ0) is 20.4. The highest BCUT2D eigenvalue weighted by Crippen LogP contribution is 2.28. The molecule has 1 saturated heterocycles. The van der Waals surface area contributed by atoms with E-state index in [1.54, 1.807) is 11.1 Å². The molecular weight excluding hydrogens is 366 g/mol. The molecule has 2 atom stereocenters. The molecule has 1 aliphatic carbocycles. The molecule has 4 rings (SSSR count). The van der Waals surface area contributed by atoms with Crippen molar-refractivity contribution in [1.29, 1.82) is 0 Å². The van der Waals surface area contributed by atoms with Crippen LogP contribution in [-0.4, -0.2) is 40.3 Å². The quantitative estimate of drug-likeness (QED) is 0.716. The number of nitrogen functional groups attached to an aromatic ring is 1. The molecule has 2 heterocycles. The van der Waals surface area contributed by atoms with Gasteiger partial charge in [-0.2, -0.15) is 0 Å². The molecule has 0 bridgehead atoms. The monoisotopic (exact) mass is 395 g/mol. The van der Waals surface area contributed by atoms with Crippen molar-refractivity contribution in [2.75, 3.05) is 12.3 Å². The highest BCUT2D eigenvalue weighted by Gasteiger charge is 2.41. The Bertz CT molecular complexity index is 909. The van der Waals surface area contributed by atoms with Crippen LogP contribution in [0, 0.1) is 5.92 Å². The lowest BCUT2D eigenvalue weighted by molar-refractivity contribution is -0.149. The third-order valence-corrected chi connectivity index (χ3v) is 6.37. The molecule has 7 heteroatoms. The average molecular weight is 396 g/mol. The Morgan fingerprint density at radius 3 is 2.69 bits per heavy atom. The Hall–Kier alpha value is -2.67. The molecule has 2 aromatic rings. The summed E-state index contributed by atoms with van der Waals surface area (Å²) >= 11 is 0. The van der Waals surface area contributed by atoms with Gasteiger partial charge in [-0.1, -0.05) is 31.4 Å². The van der Waals surface area contributed by atoms with Crippen LogP contribution < -0.4 is 16.8 Å². The summed E-state index contributed by atoms with van der Waals surface area (Å²) in [5, 5.41) is 4.85. The first-order valence-corrected chi connectivity index (χ1v) is 10.5. The summed E-state index contributed by atoms with van der Waals surface area (Å²) in [6, 6.07) is 6.86. The summed E-state index contributed by atoms with van der Waals surface area (Å²) in [6.07, 6.45) is 7.90. The molecule has 5 N–H and O–H groups in total. The van der Waals surface area contributed by atoms with E-state index >= 15 is 0 Å². The van der Waals surface area contributed by atoms with E-state index in [0.717, 1.165) is 42.0 Å². The van der Waals surface area contributed by atoms with E-state index in [0.29, 0.717) is 25.3 Å². The summed E-state index contributed by atoms with van der Waals surface area (Å²) in [6.45, 7) is 1.02. The van der Waals surface area contributed by atoms with Crippen molar-refractivity contribution in [2.45, 2.75) is 57.2 Å². The number of rotatable bonds is 5. The number of carbonyl (C=O) groups is 2. The Kier molecular flexibility index (Phi) is 5.67. The Morgan fingerprint density at radius 2 is 1.97 bits per heavy atom. The summed E-state index contributed by atoms with van der Waals surface area (Å²) < 4.78 is 0. The van der Waals surface area contributed by atoms with Gasteiger partial charge in [-0.25, -0.2) is 4.98 Å². The Labute approximate surface area is 170 Å². The van der Waals surface area contributed by atoms with Gasteiger partial charge in [0.2, 0.25) is 11.8 Å². The smallest absolute Gasteiger partial charge is 0.243 e. The highest BCUT2D eigenvalue weighted by atomic mass is 16.2. The van der Waals surface area contributed by atoms with Crippen molar-refractivity contribution in [3.05, 3.63) is 36.0 Å². The average Bonchev–Trinajstić information content (AvgIpc) is 2.71. The summed E-state index contributed by atoms with van der Waals surface area (Å²) in [4.78, 5) is 31.2. The molecule has 0 spiro atoms. The lowest BCUT2D eigenvalue weighted by Gasteiger charge is -2.42. The van der Waals surface area contributed by atoms with Crippen molar-refractivity contribution in [2.24, 2.45) is 11.7 Å². The third-order valence-electron chi connectivity index (χ3n) is 6.37. The number of aromatic nitrogens is 1. The van der Waals surface area contributed by atoms with Gasteiger partial charge in [-0.3, -0.25) is 9.59 Å². The van der Waals surface area contributed by atoms with Gasteiger partial charge in [0.25, 0.3) is 0 Å². The number of likely N-dealkylation sites (tertiary alicyclic amines) is 1. The van der Waals surface area contributed by atoms with E-state index in [2.05, 4.69) is 10.3 Å². The van der Waals surface area contributed by atoms with Crippen LogP contribution in [0.3, 0.4) is 0 Å². The number of carbonyl (C=O) groups excluding carboxylic acids is 2. The molecule has 154 valence electrons. The van der Waals surface area contributed by atoms with Crippen LogP contribution >= 0.6 is 0 Å². The molecule has 1 aromatic carbocycles. The minimum absolute atomic E-state index is 0.0722. The molecule has 0 unspecified atom stereocenters. The molecule has 2 aliphatic rings. The van der Waals surface area contributed by atoms with Gasteiger partial charge in [0.05, 0.1) is 6.04 Å². The second-order valence-corrected chi connectivity index (χ2v) is 8.23. The molecule has 1 aliphatic heterocycles. The van der Waals surface area contributed by atoms with Crippen LogP contribution in [0.1, 0.15) is 44.1 Å². The largest absolute Gasteiger partial charge is 0.383 e. The number of hydrogen-bond donors (Lipinski definition) is 3. The number of pyridine rings is 1. The number of anilines is 1. The molecule has 29 heavy (non-hydrogen) atoms. The van der Waals surface area contributed by atoms with E-state index in [9.17, 15) is 9.59 Å². The number of hydrogen-bond acceptors (Lipinski definition) is 5. The fraction of sp³-hybridized carbons (Fsp3) is 0.500. The van der Waals surface area contributed by atoms with Gasteiger partial charge < -0.3 is 21.7 Å². The molecule has 2 amide bonds. The predicted molar refractivity (Wildman–Crippen MR) is 113 cm³/mol. The second kappa shape index (κ2) is 8.37. The normalized spacial score (nSPS) is 20.9. The van der Waals surface area contributed by atoms with Gasteiger partial charge in [0, 0.05) is 24.7 Å². The molecule has 0 radical (unpaired) electrons. The highest BCUT2D eigenvalue weighted by molar-refractivity contribution is 5.92. The van der Waals surface area contributed by atoms with Crippen LogP contribution in [0.15, 0.2) is 30.5 Å². The van der Waals surface area contributed by atoms with E-state index in [1.165, 1.54) is 6.42 Å². The summed E-state index contributed by atoms with van der Waals surface area (Å²) in [7, 11) is 0. The maximum absolute atomic E-state index is 12.8. The van der Waals surface area contributed by atoms with Gasteiger partial charge in [0.15, 0.2) is 0 Å². The minimum Gasteiger partial charge on any atom is -0.383 e. The number of nitrogens with one attached hydrogen (secondary N) is 1. The third kappa shape index (κ3) is 4.05. The standard InChI is InChI=1S/C22H29N5O2/c23-19(15-4-2-1-3-5-15)22(29)27-11-9-18(27)21(28)26-13-14-6-7-17-16(12-14)8-10-25-20(17)24/h6-8,10,12,15,18-19H,1-5,9,11,13,23H2,(H2,24,25)(H,26,28)/t18-,19+/m0/s1. The maximum Gasteiger partial charge on any atom is 0.243 e. The lowest BCUT2D eigenvalue weighted by atomic mass is 9.83. The van der Waals surface area contributed by atoms with Crippen molar-refractivity contribution < 1.29 is 9.59 Å². The number of benzene rings is 1. The first-order valence-electron chi connectivity index (χ1n) is 10.5. The molecule has 1 aromatic heterocycles. The zero-order valence-electron chi connectivity index (χ0n) is 16.6. The van der Waals surface area contributed by atoms with Crippen molar-refractivity contribution in [1.82, 2.24) is 15.2 Å². The predicted octanol–water partition coefficient (Wildman–Crippen LogP) is 1.94. The fourth-order valence-electron chi connectivity index (χ4n) is 4.48. The van der Waals surface area contributed by atoms with Crippen LogP contribution in [0.2, 0.25) is 0 Å². The second-order valence-electron chi connectivity index (χ2n) is 8.23. The van der Waals surface area contributed by atoms with Gasteiger partial charge in [-0.05, 0) is 48.3 Å². The van der Waals surface area contributed by atoms with E-state index in [1.807, 2.05) is 24.3 Å². The number of fused-ring (bicyclic) bond motifs is 1. The summed E-state index contributed by atoms with van der Waals surface area (Å²) in [5.74, 6) is 0.558. The number of amides is 2. The lowest BCUT2D eigenvalue weighted by Crippen LogP contribution is -2.62. The van der Waals surface area contributed by atoms with Gasteiger partial charge in [-0.15, -0.1) is 0 Å². The van der Waals surface area contributed by atoms with Crippen molar-refractivity contribution in [3.63, 3.8) is 0 Å². The first-order chi connectivity index (χ1) is 14.0. The number of nitrogens with zero attached hydrogens (tertiary/aromatic N) is 2. The maximum atomic E-state index is 12.8. The van der Waals surface area contributed by atoms with Gasteiger partial charge in [0.1, 0.15) is 11.9 Å². The van der Waals surface area contributed by atoms with Crippen molar-refractivity contribution in [3.8, 4) is 0 Å². The van der Waals surface area contributed by atoms with E-state index < -0.39 is 12.1 Å². The zero-order valence-corrected chi connectivity index (χ0v) is 16.6. The fourth-order valence-corrected chi connectivity index (χ4v) is 4.48. The van der Waals surface area contributed by atoms with Crippen LogP contribution in [0.4, 0.5) is 5.82 Å². The minimum atomic E-state index is -0.481. The molecule has 1 saturated carbocycles. The Morgan fingerprint density at radius 1 is 1.17 bits per heavy atom. The van der Waals surface area contributed by atoms with Crippen LogP contribution in [0.25, 0.3) is 10.8 Å². The van der Waals surface area contributed by atoms with Crippen LogP contribution in [0.5, 0.6) is 0 Å². The summed E-state index contributed by atoms with van der Waals surface area (Å²) in [5.41, 5.74) is 13.1. The molecule has 7 nitrogen and oxygen atoms in total.